The predicted molar refractivity (Wildman–Crippen MR) is 74.4 cm³/mol. The summed E-state index contributed by atoms with van der Waals surface area (Å²) in [6.45, 7) is 0.169. The fourth-order valence-corrected chi connectivity index (χ4v) is 2.04. The molecule has 114 valence electrons. The summed E-state index contributed by atoms with van der Waals surface area (Å²) < 4.78 is 54.4. The van der Waals surface area contributed by atoms with Gasteiger partial charge < -0.3 is 4.74 Å². The molecule has 9 heteroatoms. The third kappa shape index (κ3) is 4.96. The summed E-state index contributed by atoms with van der Waals surface area (Å²) in [4.78, 5) is 8.00. The molecule has 0 saturated carbocycles. The minimum atomic E-state index is -4.18. The first kappa shape index (κ1) is 17.8. The Balaban J connectivity index is 2.69. The first-order chi connectivity index (χ1) is 9.27. The standard InChI is InChI=1S/C11H12ClF4IN2O/c1-2-3-6-8(17)9(12)19-7(18-6)4-20-5-11(15,16)10(13)14/h10H,2-5H2,1H3. The maximum absolute atomic E-state index is 12.6. The molecule has 0 spiro atoms. The Kier molecular flexibility index (Phi) is 6.86. The molecule has 0 fully saturated rings. The number of alkyl halides is 4. The molecular formula is C11H12ClF4IN2O. The molecule has 0 bridgehead atoms. The highest BCUT2D eigenvalue weighted by Gasteiger charge is 2.41. The molecule has 20 heavy (non-hydrogen) atoms. The van der Waals surface area contributed by atoms with Gasteiger partial charge in [-0.2, -0.15) is 8.78 Å². The Morgan fingerprint density at radius 3 is 2.55 bits per heavy atom. The van der Waals surface area contributed by atoms with E-state index in [9.17, 15) is 17.6 Å². The van der Waals surface area contributed by atoms with Crippen LogP contribution in [-0.4, -0.2) is 28.9 Å². The predicted octanol–water partition coefficient (Wildman–Crippen LogP) is 4.10. The Morgan fingerprint density at radius 2 is 2.00 bits per heavy atom. The monoisotopic (exact) mass is 426 g/mol. The summed E-state index contributed by atoms with van der Waals surface area (Å²) in [6, 6.07) is 0. The fraction of sp³-hybridized carbons (Fsp3) is 0.636. The zero-order valence-electron chi connectivity index (χ0n) is 10.5. The third-order valence-corrected chi connectivity index (χ3v) is 3.98. The van der Waals surface area contributed by atoms with Crippen LogP contribution in [0.3, 0.4) is 0 Å². The summed E-state index contributed by atoms with van der Waals surface area (Å²) >= 11 is 7.88. The minimum Gasteiger partial charge on any atom is -0.367 e. The van der Waals surface area contributed by atoms with Crippen LogP contribution >= 0.6 is 34.2 Å². The van der Waals surface area contributed by atoms with E-state index in [1.54, 1.807) is 0 Å². The number of hydrogen-bond donors (Lipinski definition) is 0. The van der Waals surface area contributed by atoms with Crippen molar-refractivity contribution in [1.29, 1.82) is 0 Å². The number of aromatic nitrogens is 2. The van der Waals surface area contributed by atoms with Gasteiger partial charge in [-0.1, -0.05) is 24.9 Å². The van der Waals surface area contributed by atoms with Gasteiger partial charge >= 0.3 is 12.3 Å². The van der Waals surface area contributed by atoms with E-state index in [1.807, 2.05) is 29.5 Å². The lowest BCUT2D eigenvalue weighted by Crippen LogP contribution is -2.32. The van der Waals surface area contributed by atoms with Crippen molar-refractivity contribution >= 4 is 34.2 Å². The van der Waals surface area contributed by atoms with Crippen LogP contribution in [0.1, 0.15) is 24.9 Å². The quantitative estimate of drug-likeness (QED) is 0.374. The molecule has 0 N–H and O–H groups in total. The normalized spacial score (nSPS) is 12.2. The van der Waals surface area contributed by atoms with Gasteiger partial charge in [0.25, 0.3) is 0 Å². The van der Waals surface area contributed by atoms with Crippen LogP contribution in [0.15, 0.2) is 0 Å². The summed E-state index contributed by atoms with van der Waals surface area (Å²) in [5.41, 5.74) is 0.687. The molecule has 1 aromatic heterocycles. The number of aryl methyl sites for hydroxylation is 1. The smallest absolute Gasteiger partial charge is 0.330 e. The Bertz CT molecular complexity index is 462. The van der Waals surface area contributed by atoms with E-state index in [4.69, 9.17) is 11.6 Å². The second kappa shape index (κ2) is 7.69. The summed E-state index contributed by atoms with van der Waals surface area (Å²) in [5.74, 6) is -4.08. The molecule has 1 heterocycles. The van der Waals surface area contributed by atoms with Crippen LogP contribution in [0.25, 0.3) is 0 Å². The molecule has 1 rings (SSSR count). The van der Waals surface area contributed by atoms with Crippen molar-refractivity contribution < 1.29 is 22.3 Å². The van der Waals surface area contributed by atoms with Gasteiger partial charge in [0, 0.05) is 0 Å². The van der Waals surface area contributed by atoms with Crippen molar-refractivity contribution in [2.75, 3.05) is 6.61 Å². The van der Waals surface area contributed by atoms with Crippen molar-refractivity contribution in [1.82, 2.24) is 9.97 Å². The second-order valence-electron chi connectivity index (χ2n) is 4.00. The molecule has 1 aromatic rings. The summed E-state index contributed by atoms with van der Waals surface area (Å²) in [7, 11) is 0. The van der Waals surface area contributed by atoms with Crippen LogP contribution in [0.2, 0.25) is 5.15 Å². The summed E-state index contributed by atoms with van der Waals surface area (Å²) in [5, 5.41) is 0.197. The van der Waals surface area contributed by atoms with E-state index in [2.05, 4.69) is 14.7 Å². The Morgan fingerprint density at radius 1 is 1.35 bits per heavy atom. The average Bonchev–Trinajstić information content (AvgIpc) is 2.35. The van der Waals surface area contributed by atoms with Crippen LogP contribution in [0.5, 0.6) is 0 Å². The van der Waals surface area contributed by atoms with Crippen LogP contribution in [0.4, 0.5) is 17.6 Å². The fourth-order valence-electron chi connectivity index (χ4n) is 1.32. The molecule has 0 aliphatic rings. The van der Waals surface area contributed by atoms with E-state index in [0.717, 1.165) is 6.42 Å². The molecule has 0 aromatic carbocycles. The molecule has 0 amide bonds. The number of ether oxygens (including phenoxy) is 1. The van der Waals surface area contributed by atoms with Crippen molar-refractivity contribution in [3.05, 3.63) is 20.2 Å². The van der Waals surface area contributed by atoms with E-state index in [-0.39, 0.29) is 11.0 Å². The van der Waals surface area contributed by atoms with E-state index in [1.165, 1.54) is 0 Å². The van der Waals surface area contributed by atoms with Crippen LogP contribution < -0.4 is 0 Å². The van der Waals surface area contributed by atoms with Crippen molar-refractivity contribution in [3.63, 3.8) is 0 Å². The van der Waals surface area contributed by atoms with Crippen LogP contribution in [0, 0.1) is 3.57 Å². The van der Waals surface area contributed by atoms with Gasteiger partial charge in [0.15, 0.2) is 5.82 Å². The highest BCUT2D eigenvalue weighted by Crippen LogP contribution is 2.24. The van der Waals surface area contributed by atoms with Gasteiger partial charge in [0.05, 0.1) is 9.26 Å². The van der Waals surface area contributed by atoms with E-state index < -0.39 is 25.6 Å². The molecular weight excluding hydrogens is 414 g/mol. The Hall–Kier alpha value is -0.220. The van der Waals surface area contributed by atoms with Crippen molar-refractivity contribution in [2.45, 2.75) is 38.7 Å². The van der Waals surface area contributed by atoms with Crippen molar-refractivity contribution in [2.24, 2.45) is 0 Å². The first-order valence-electron chi connectivity index (χ1n) is 5.72. The number of rotatable bonds is 7. The molecule has 3 nitrogen and oxygen atoms in total. The average molecular weight is 427 g/mol. The zero-order valence-corrected chi connectivity index (χ0v) is 13.4. The number of halogens is 6. The molecule has 0 radical (unpaired) electrons. The third-order valence-electron chi connectivity index (χ3n) is 2.26. The zero-order chi connectivity index (χ0) is 15.3. The highest BCUT2D eigenvalue weighted by molar-refractivity contribution is 14.1. The van der Waals surface area contributed by atoms with Gasteiger partial charge in [-0.05, 0) is 29.0 Å². The molecule has 0 unspecified atom stereocenters. The summed E-state index contributed by atoms with van der Waals surface area (Å²) in [6.07, 6.45) is -2.28. The maximum Gasteiger partial charge on any atom is 0.330 e. The van der Waals surface area contributed by atoms with E-state index >= 15 is 0 Å². The largest absolute Gasteiger partial charge is 0.367 e. The minimum absolute atomic E-state index is 0.101. The first-order valence-corrected chi connectivity index (χ1v) is 7.18. The second-order valence-corrected chi connectivity index (χ2v) is 5.43. The Labute approximate surface area is 132 Å². The maximum atomic E-state index is 12.6. The van der Waals surface area contributed by atoms with Crippen molar-refractivity contribution in [3.8, 4) is 0 Å². The molecule has 0 atom stereocenters. The van der Waals surface area contributed by atoms with Gasteiger partial charge in [0.2, 0.25) is 0 Å². The molecule has 0 aliphatic carbocycles. The highest BCUT2D eigenvalue weighted by atomic mass is 127. The van der Waals surface area contributed by atoms with E-state index in [0.29, 0.717) is 15.7 Å². The SMILES string of the molecule is CCCc1nc(COCC(F)(F)C(F)F)nc(Cl)c1I. The van der Waals surface area contributed by atoms with Crippen LogP contribution in [-0.2, 0) is 17.8 Å². The topological polar surface area (TPSA) is 35.0 Å². The number of hydrogen-bond acceptors (Lipinski definition) is 3. The van der Waals surface area contributed by atoms with Gasteiger partial charge in [-0.3, -0.25) is 0 Å². The van der Waals surface area contributed by atoms with Gasteiger partial charge in [0.1, 0.15) is 18.4 Å². The van der Waals surface area contributed by atoms with Gasteiger partial charge in [-0.25, -0.2) is 18.7 Å². The lowest BCUT2D eigenvalue weighted by atomic mass is 10.2. The lowest BCUT2D eigenvalue weighted by Gasteiger charge is -2.15. The lowest BCUT2D eigenvalue weighted by molar-refractivity contribution is -0.168. The number of nitrogens with zero attached hydrogens (tertiary/aromatic N) is 2. The molecule has 0 aliphatic heterocycles. The van der Waals surface area contributed by atoms with Gasteiger partial charge in [-0.15, -0.1) is 0 Å². The molecule has 0 saturated heterocycles.